The van der Waals surface area contributed by atoms with Crippen LogP contribution >= 0.6 is 0 Å². The van der Waals surface area contributed by atoms with Gasteiger partial charge in [-0.2, -0.15) is 0 Å². The maximum absolute atomic E-state index is 13.5. The number of primary amides is 1. The van der Waals surface area contributed by atoms with E-state index in [2.05, 4.69) is 4.74 Å². The monoisotopic (exact) mass is 297 g/mol. The van der Waals surface area contributed by atoms with Crippen LogP contribution < -0.4 is 10.5 Å². The standard InChI is InChI=1S/C11H11F4NO4/c12-7-3-5(20-11(13,14)15)1-2-6(7)10(19)8(17)4-9(16)18/h1-3,8,10,17,19H,4H2,(H2,16,18). The molecular weight excluding hydrogens is 286 g/mol. The van der Waals surface area contributed by atoms with Crippen molar-refractivity contribution in [2.24, 2.45) is 5.73 Å². The number of ether oxygens (including phenoxy) is 1. The molecule has 1 rings (SSSR count). The van der Waals surface area contributed by atoms with Gasteiger partial charge in [0.05, 0.1) is 12.5 Å². The van der Waals surface area contributed by atoms with E-state index in [1.165, 1.54) is 0 Å². The van der Waals surface area contributed by atoms with E-state index in [1.807, 2.05) is 0 Å². The predicted octanol–water partition coefficient (Wildman–Crippen LogP) is 0.994. The zero-order valence-electron chi connectivity index (χ0n) is 9.89. The van der Waals surface area contributed by atoms with E-state index in [0.29, 0.717) is 6.07 Å². The van der Waals surface area contributed by atoms with Crippen molar-refractivity contribution in [3.63, 3.8) is 0 Å². The number of aliphatic hydroxyl groups is 2. The quantitative estimate of drug-likeness (QED) is 0.707. The van der Waals surface area contributed by atoms with E-state index in [0.717, 1.165) is 12.1 Å². The Balaban J connectivity index is 2.90. The minimum atomic E-state index is -4.97. The molecule has 0 bridgehead atoms. The number of amides is 1. The van der Waals surface area contributed by atoms with Gasteiger partial charge in [0.1, 0.15) is 17.7 Å². The molecule has 0 heterocycles. The van der Waals surface area contributed by atoms with Gasteiger partial charge in [0.25, 0.3) is 0 Å². The van der Waals surface area contributed by atoms with Gasteiger partial charge in [0.2, 0.25) is 5.91 Å². The van der Waals surface area contributed by atoms with Crippen molar-refractivity contribution in [3.05, 3.63) is 29.6 Å². The van der Waals surface area contributed by atoms with Crippen LogP contribution in [0.4, 0.5) is 17.6 Å². The summed E-state index contributed by atoms with van der Waals surface area (Å²) in [4.78, 5) is 10.6. The molecule has 0 aromatic heterocycles. The van der Waals surface area contributed by atoms with E-state index in [1.54, 1.807) is 0 Å². The lowest BCUT2D eigenvalue weighted by molar-refractivity contribution is -0.274. The third-order valence-electron chi connectivity index (χ3n) is 2.30. The smallest absolute Gasteiger partial charge is 0.406 e. The van der Waals surface area contributed by atoms with E-state index in [4.69, 9.17) is 5.73 Å². The number of hydrogen-bond acceptors (Lipinski definition) is 4. The summed E-state index contributed by atoms with van der Waals surface area (Å²) in [5, 5.41) is 19.0. The summed E-state index contributed by atoms with van der Waals surface area (Å²) in [5.74, 6) is -2.95. The summed E-state index contributed by atoms with van der Waals surface area (Å²) in [6.07, 6.45) is -9.07. The molecule has 1 aromatic carbocycles. The average molecular weight is 297 g/mol. The van der Waals surface area contributed by atoms with E-state index in [9.17, 15) is 32.6 Å². The van der Waals surface area contributed by atoms with Crippen LogP contribution in [0.15, 0.2) is 18.2 Å². The van der Waals surface area contributed by atoms with Gasteiger partial charge in [-0.05, 0) is 12.1 Å². The highest BCUT2D eigenvalue weighted by Crippen LogP contribution is 2.28. The summed E-state index contributed by atoms with van der Waals surface area (Å²) in [6, 6.07) is 1.99. The second-order valence-corrected chi connectivity index (χ2v) is 3.91. The van der Waals surface area contributed by atoms with Crippen LogP contribution in [0.3, 0.4) is 0 Å². The summed E-state index contributed by atoms with van der Waals surface area (Å²) < 4.78 is 52.8. The summed E-state index contributed by atoms with van der Waals surface area (Å²) in [6.45, 7) is 0. The van der Waals surface area contributed by atoms with Crippen molar-refractivity contribution in [1.29, 1.82) is 0 Å². The van der Waals surface area contributed by atoms with Gasteiger partial charge in [0, 0.05) is 11.6 Å². The topological polar surface area (TPSA) is 92.8 Å². The number of aliphatic hydroxyl groups excluding tert-OH is 2. The molecule has 0 aliphatic carbocycles. The Morgan fingerprint density at radius 3 is 2.40 bits per heavy atom. The normalized spacial score (nSPS) is 14.7. The SMILES string of the molecule is NC(=O)CC(O)C(O)c1ccc(OC(F)(F)F)cc1F. The van der Waals surface area contributed by atoms with Gasteiger partial charge in [-0.25, -0.2) is 4.39 Å². The van der Waals surface area contributed by atoms with E-state index < -0.39 is 48.0 Å². The molecule has 0 saturated carbocycles. The zero-order chi connectivity index (χ0) is 15.5. The summed E-state index contributed by atoms with van der Waals surface area (Å²) >= 11 is 0. The molecule has 2 atom stereocenters. The molecule has 0 radical (unpaired) electrons. The second-order valence-electron chi connectivity index (χ2n) is 3.91. The lowest BCUT2D eigenvalue weighted by Crippen LogP contribution is -2.26. The minimum Gasteiger partial charge on any atom is -0.406 e. The number of benzene rings is 1. The van der Waals surface area contributed by atoms with Crippen molar-refractivity contribution < 1.29 is 37.3 Å². The largest absolute Gasteiger partial charge is 0.573 e. The highest BCUT2D eigenvalue weighted by molar-refractivity contribution is 5.74. The third-order valence-corrected chi connectivity index (χ3v) is 2.30. The van der Waals surface area contributed by atoms with Gasteiger partial charge in [-0.1, -0.05) is 0 Å². The molecule has 0 aliphatic heterocycles. The molecule has 0 aliphatic rings. The number of alkyl halides is 3. The van der Waals surface area contributed by atoms with Crippen LogP contribution in [0.25, 0.3) is 0 Å². The minimum absolute atomic E-state index is 0.406. The fourth-order valence-electron chi connectivity index (χ4n) is 1.47. The molecule has 5 nitrogen and oxygen atoms in total. The Kier molecular flexibility index (Phi) is 4.90. The Morgan fingerprint density at radius 2 is 1.95 bits per heavy atom. The van der Waals surface area contributed by atoms with Gasteiger partial charge in [0.15, 0.2) is 0 Å². The first-order valence-electron chi connectivity index (χ1n) is 5.30. The Morgan fingerprint density at radius 1 is 1.35 bits per heavy atom. The first-order chi connectivity index (χ1) is 9.10. The fourth-order valence-corrected chi connectivity index (χ4v) is 1.47. The molecular formula is C11H11F4NO4. The lowest BCUT2D eigenvalue weighted by atomic mass is 10.0. The first-order valence-corrected chi connectivity index (χ1v) is 5.30. The van der Waals surface area contributed by atoms with Crippen LogP contribution in [0.2, 0.25) is 0 Å². The van der Waals surface area contributed by atoms with E-state index >= 15 is 0 Å². The fraction of sp³-hybridized carbons (Fsp3) is 0.364. The predicted molar refractivity (Wildman–Crippen MR) is 57.9 cm³/mol. The van der Waals surface area contributed by atoms with Crippen LogP contribution in [0.5, 0.6) is 5.75 Å². The van der Waals surface area contributed by atoms with Crippen LogP contribution in [0.1, 0.15) is 18.1 Å². The maximum atomic E-state index is 13.5. The molecule has 20 heavy (non-hydrogen) atoms. The molecule has 1 aromatic rings. The number of halogens is 4. The van der Waals surface area contributed by atoms with Crippen molar-refractivity contribution in [2.75, 3.05) is 0 Å². The molecule has 0 saturated heterocycles. The molecule has 2 unspecified atom stereocenters. The summed E-state index contributed by atoms with van der Waals surface area (Å²) in [7, 11) is 0. The molecule has 1 amide bonds. The Labute approximate surface area is 110 Å². The Hall–Kier alpha value is -1.87. The second kappa shape index (κ2) is 6.06. The molecule has 4 N–H and O–H groups in total. The van der Waals surface area contributed by atoms with E-state index in [-0.39, 0.29) is 0 Å². The molecule has 112 valence electrons. The Bertz CT molecular complexity index is 492. The van der Waals surface area contributed by atoms with Crippen LogP contribution in [-0.4, -0.2) is 28.6 Å². The van der Waals surface area contributed by atoms with Gasteiger partial charge < -0.3 is 20.7 Å². The lowest BCUT2D eigenvalue weighted by Gasteiger charge is -2.18. The molecule has 9 heteroatoms. The highest BCUT2D eigenvalue weighted by atomic mass is 19.4. The number of rotatable bonds is 5. The number of carbonyl (C=O) groups is 1. The number of hydrogen-bond donors (Lipinski definition) is 3. The van der Waals surface area contributed by atoms with Gasteiger partial charge >= 0.3 is 6.36 Å². The molecule has 0 spiro atoms. The molecule has 0 fully saturated rings. The van der Waals surface area contributed by atoms with Crippen LogP contribution in [0, 0.1) is 5.82 Å². The van der Waals surface area contributed by atoms with Crippen LogP contribution in [-0.2, 0) is 4.79 Å². The highest BCUT2D eigenvalue weighted by Gasteiger charge is 2.32. The first kappa shape index (κ1) is 16.2. The van der Waals surface area contributed by atoms with Crippen molar-refractivity contribution in [1.82, 2.24) is 0 Å². The van der Waals surface area contributed by atoms with Gasteiger partial charge in [-0.3, -0.25) is 4.79 Å². The number of nitrogens with two attached hydrogens (primary N) is 1. The third kappa shape index (κ3) is 4.67. The number of carbonyl (C=O) groups excluding carboxylic acids is 1. The van der Waals surface area contributed by atoms with Crippen molar-refractivity contribution in [2.45, 2.75) is 25.0 Å². The maximum Gasteiger partial charge on any atom is 0.573 e. The zero-order valence-corrected chi connectivity index (χ0v) is 9.89. The van der Waals surface area contributed by atoms with Crippen molar-refractivity contribution in [3.8, 4) is 5.75 Å². The van der Waals surface area contributed by atoms with Crippen molar-refractivity contribution >= 4 is 5.91 Å². The average Bonchev–Trinajstić information content (AvgIpc) is 2.25. The summed E-state index contributed by atoms with van der Waals surface area (Å²) in [5.41, 5.74) is 4.31. The van der Waals surface area contributed by atoms with Gasteiger partial charge in [-0.15, -0.1) is 13.2 Å².